The fourth-order valence-electron chi connectivity index (χ4n) is 1.57. The van der Waals surface area contributed by atoms with E-state index in [9.17, 15) is 4.79 Å². The molecule has 0 rings (SSSR count). The molecular weight excluding hydrogens is 236 g/mol. The van der Waals surface area contributed by atoms with E-state index in [4.69, 9.17) is 4.74 Å². The number of hydrogen-bond acceptors (Lipinski definition) is 2. The molecule has 0 spiro atoms. The van der Waals surface area contributed by atoms with Crippen molar-refractivity contribution in [2.45, 2.75) is 67.4 Å². The minimum absolute atomic E-state index is 0.0637. The summed E-state index contributed by atoms with van der Waals surface area (Å²) >= 11 is 0. The van der Waals surface area contributed by atoms with Crippen LogP contribution in [-0.2, 0) is 9.53 Å². The molecule has 0 saturated carbocycles. The second-order valence-corrected chi connectivity index (χ2v) is 6.81. The summed E-state index contributed by atoms with van der Waals surface area (Å²) in [5, 5.41) is 0. The first-order chi connectivity index (χ1) is 8.60. The van der Waals surface area contributed by atoms with Crippen molar-refractivity contribution in [3.63, 3.8) is 0 Å². The molecule has 0 aromatic carbocycles. The van der Waals surface area contributed by atoms with Gasteiger partial charge >= 0.3 is 5.97 Å². The van der Waals surface area contributed by atoms with Crippen LogP contribution in [-0.4, -0.2) is 12.1 Å². The number of carbonyl (C=O) groups excluding carboxylic acids is 1. The molecule has 2 heteroatoms. The van der Waals surface area contributed by atoms with Gasteiger partial charge in [0.1, 0.15) is 0 Å². The average molecular weight is 266 g/mol. The molecule has 0 aliphatic carbocycles. The Morgan fingerprint density at radius 3 is 2.26 bits per heavy atom. The summed E-state index contributed by atoms with van der Waals surface area (Å²) in [7, 11) is 0. The lowest BCUT2D eigenvalue weighted by molar-refractivity contribution is -0.141. The van der Waals surface area contributed by atoms with Crippen molar-refractivity contribution in [1.82, 2.24) is 0 Å². The molecule has 1 atom stereocenters. The number of hydrogen-bond donors (Lipinski definition) is 0. The second kappa shape index (κ2) is 8.19. The van der Waals surface area contributed by atoms with Crippen molar-refractivity contribution in [3.8, 4) is 0 Å². The Morgan fingerprint density at radius 1 is 1.21 bits per heavy atom. The minimum atomic E-state index is -0.264. The van der Waals surface area contributed by atoms with Crippen molar-refractivity contribution < 1.29 is 9.53 Å². The highest BCUT2D eigenvalue weighted by Gasteiger charge is 2.11. The normalized spacial score (nSPS) is 15.1. The molecular formula is C17H30O2. The van der Waals surface area contributed by atoms with E-state index in [1.165, 1.54) is 12.8 Å². The van der Waals surface area contributed by atoms with Gasteiger partial charge in [0.15, 0.2) is 0 Å². The van der Waals surface area contributed by atoms with Crippen LogP contribution in [0.1, 0.15) is 61.3 Å². The summed E-state index contributed by atoms with van der Waals surface area (Å²) < 4.78 is 5.07. The average Bonchev–Trinajstić information content (AvgIpc) is 2.21. The molecule has 1 unspecified atom stereocenters. The van der Waals surface area contributed by atoms with Gasteiger partial charge in [-0.25, -0.2) is 4.79 Å². The van der Waals surface area contributed by atoms with Gasteiger partial charge in [-0.2, -0.15) is 0 Å². The van der Waals surface area contributed by atoms with Crippen LogP contribution in [0.15, 0.2) is 23.8 Å². The maximum Gasteiger partial charge on any atom is 0.331 e. The van der Waals surface area contributed by atoms with Crippen molar-refractivity contribution in [2.75, 3.05) is 0 Å². The molecule has 0 saturated heterocycles. The van der Waals surface area contributed by atoms with Crippen LogP contribution in [0.4, 0.5) is 0 Å². The van der Waals surface area contributed by atoms with Gasteiger partial charge in [0.25, 0.3) is 0 Å². The Bertz CT molecular complexity index is 330. The van der Waals surface area contributed by atoms with E-state index in [1.807, 2.05) is 26.8 Å². The molecule has 0 bridgehead atoms. The summed E-state index contributed by atoms with van der Waals surface area (Å²) in [5.41, 5.74) is 1.32. The standard InChI is InChI=1S/C17H30O2/c1-13(2)19-16(18)12-15(4)9-8-14(3)10-11-17(5,6)7/h8-9,12-14H,10-11H2,1-7H3. The van der Waals surface area contributed by atoms with Gasteiger partial charge in [-0.1, -0.05) is 39.8 Å². The van der Waals surface area contributed by atoms with Crippen LogP contribution in [0, 0.1) is 11.3 Å². The third-order valence-electron chi connectivity index (χ3n) is 2.73. The van der Waals surface area contributed by atoms with Gasteiger partial charge in [0.2, 0.25) is 0 Å². The van der Waals surface area contributed by atoms with Crippen molar-refractivity contribution in [1.29, 1.82) is 0 Å². The molecule has 0 aromatic rings. The van der Waals surface area contributed by atoms with Gasteiger partial charge in [-0.3, -0.25) is 0 Å². The van der Waals surface area contributed by atoms with Gasteiger partial charge < -0.3 is 4.74 Å². The summed E-state index contributed by atoms with van der Waals surface area (Å²) in [6.07, 6.45) is 8.04. The van der Waals surface area contributed by atoms with Crippen molar-refractivity contribution in [2.24, 2.45) is 11.3 Å². The maximum atomic E-state index is 11.4. The summed E-state index contributed by atoms with van der Waals surface area (Å²) in [5.74, 6) is 0.267. The van der Waals surface area contributed by atoms with Crippen molar-refractivity contribution in [3.05, 3.63) is 23.8 Å². The summed E-state index contributed by atoms with van der Waals surface area (Å²) in [6.45, 7) is 14.6. The van der Waals surface area contributed by atoms with E-state index in [-0.39, 0.29) is 12.1 Å². The molecule has 0 aliphatic rings. The lowest BCUT2D eigenvalue weighted by Gasteiger charge is -2.19. The molecule has 110 valence electrons. The molecule has 0 heterocycles. The molecule has 0 radical (unpaired) electrons. The molecule has 19 heavy (non-hydrogen) atoms. The number of esters is 1. The predicted octanol–water partition coefficient (Wildman–Crippen LogP) is 4.90. The highest BCUT2D eigenvalue weighted by atomic mass is 16.5. The third-order valence-corrected chi connectivity index (χ3v) is 2.73. The quantitative estimate of drug-likeness (QED) is 0.388. The Morgan fingerprint density at radius 2 is 1.79 bits per heavy atom. The molecule has 0 aromatic heterocycles. The van der Waals surface area contributed by atoms with E-state index in [2.05, 4.69) is 33.8 Å². The molecule has 0 aliphatic heterocycles. The zero-order valence-electron chi connectivity index (χ0n) is 13.6. The van der Waals surface area contributed by atoms with Crippen LogP contribution in [0.25, 0.3) is 0 Å². The Kier molecular flexibility index (Phi) is 7.73. The maximum absolute atomic E-state index is 11.4. The zero-order chi connectivity index (χ0) is 15.1. The van der Waals surface area contributed by atoms with Crippen LogP contribution in [0.5, 0.6) is 0 Å². The Hall–Kier alpha value is -1.05. The van der Waals surface area contributed by atoms with E-state index < -0.39 is 0 Å². The number of allylic oxidation sites excluding steroid dienone is 3. The highest BCUT2D eigenvalue weighted by molar-refractivity contribution is 5.83. The Labute approximate surface area is 118 Å². The van der Waals surface area contributed by atoms with Gasteiger partial charge in [0, 0.05) is 6.08 Å². The highest BCUT2D eigenvalue weighted by Crippen LogP contribution is 2.24. The van der Waals surface area contributed by atoms with Gasteiger partial charge in [0.05, 0.1) is 6.10 Å². The molecule has 0 amide bonds. The van der Waals surface area contributed by atoms with Crippen molar-refractivity contribution >= 4 is 5.97 Å². The monoisotopic (exact) mass is 266 g/mol. The topological polar surface area (TPSA) is 26.3 Å². The second-order valence-electron chi connectivity index (χ2n) is 6.81. The number of rotatable bonds is 6. The largest absolute Gasteiger partial charge is 0.460 e. The Balaban J connectivity index is 4.23. The number of carbonyl (C=O) groups is 1. The zero-order valence-corrected chi connectivity index (χ0v) is 13.6. The number of ether oxygens (including phenoxy) is 1. The minimum Gasteiger partial charge on any atom is -0.460 e. The van der Waals surface area contributed by atoms with Gasteiger partial charge in [-0.05, 0) is 50.5 Å². The first-order valence-corrected chi connectivity index (χ1v) is 7.17. The van der Waals surface area contributed by atoms with E-state index in [1.54, 1.807) is 6.08 Å². The van der Waals surface area contributed by atoms with Gasteiger partial charge in [-0.15, -0.1) is 0 Å². The van der Waals surface area contributed by atoms with Crippen LogP contribution in [0.3, 0.4) is 0 Å². The van der Waals surface area contributed by atoms with Crippen LogP contribution in [0.2, 0.25) is 0 Å². The van der Waals surface area contributed by atoms with Crippen LogP contribution < -0.4 is 0 Å². The first-order valence-electron chi connectivity index (χ1n) is 7.17. The van der Waals surface area contributed by atoms with E-state index in [0.717, 1.165) is 5.57 Å². The molecule has 0 fully saturated rings. The summed E-state index contributed by atoms with van der Waals surface area (Å²) in [4.78, 5) is 11.4. The van der Waals surface area contributed by atoms with E-state index >= 15 is 0 Å². The smallest absolute Gasteiger partial charge is 0.331 e. The predicted molar refractivity (Wildman–Crippen MR) is 82.0 cm³/mol. The fourth-order valence-corrected chi connectivity index (χ4v) is 1.57. The lowest BCUT2D eigenvalue weighted by atomic mass is 9.87. The first kappa shape index (κ1) is 17.9. The third kappa shape index (κ3) is 11.8. The van der Waals surface area contributed by atoms with E-state index in [0.29, 0.717) is 11.3 Å². The fraction of sp³-hybridized carbons (Fsp3) is 0.706. The summed E-state index contributed by atoms with van der Waals surface area (Å²) in [6, 6.07) is 0. The SMILES string of the molecule is CC(C=CC(C)CCC(C)(C)C)=CC(=O)OC(C)C. The lowest BCUT2D eigenvalue weighted by Crippen LogP contribution is -2.08. The molecule has 0 N–H and O–H groups in total. The molecule has 2 nitrogen and oxygen atoms in total. The van der Waals surface area contributed by atoms with Crippen LogP contribution >= 0.6 is 0 Å².